The van der Waals surface area contributed by atoms with E-state index in [0.717, 1.165) is 5.56 Å². The maximum absolute atomic E-state index is 11.5. The van der Waals surface area contributed by atoms with Crippen molar-refractivity contribution in [2.45, 2.75) is 26.3 Å². The van der Waals surface area contributed by atoms with Gasteiger partial charge in [-0.3, -0.25) is 4.90 Å². The lowest BCUT2D eigenvalue weighted by Crippen LogP contribution is -2.49. The van der Waals surface area contributed by atoms with Crippen LogP contribution >= 0.6 is 0 Å². The minimum atomic E-state index is -0.940. The topological polar surface area (TPSA) is 40.5 Å². The zero-order valence-electron chi connectivity index (χ0n) is 10.1. The van der Waals surface area contributed by atoms with Gasteiger partial charge in [0.05, 0.1) is 0 Å². The molecule has 0 spiro atoms. The van der Waals surface area contributed by atoms with Crippen molar-refractivity contribution in [1.29, 1.82) is 0 Å². The normalized spacial score (nSPS) is 14.8. The van der Waals surface area contributed by atoms with E-state index < -0.39 is 11.5 Å². The van der Waals surface area contributed by atoms with Crippen molar-refractivity contribution in [3.8, 4) is 0 Å². The average Bonchev–Trinajstić information content (AvgIpc) is 2.31. The highest BCUT2D eigenvalue weighted by Gasteiger charge is 2.39. The van der Waals surface area contributed by atoms with Gasteiger partial charge in [0.2, 0.25) is 0 Å². The summed E-state index contributed by atoms with van der Waals surface area (Å²) < 4.78 is 0. The summed E-state index contributed by atoms with van der Waals surface area (Å²) >= 11 is 0. The fourth-order valence-corrected chi connectivity index (χ4v) is 2.06. The van der Waals surface area contributed by atoms with Gasteiger partial charge < -0.3 is 5.11 Å². The van der Waals surface area contributed by atoms with Gasteiger partial charge in [-0.2, -0.15) is 0 Å². The predicted octanol–water partition coefficient (Wildman–Crippen LogP) is 2.33. The van der Waals surface area contributed by atoms with Gasteiger partial charge >= 0.3 is 5.97 Å². The van der Waals surface area contributed by atoms with Gasteiger partial charge in [0, 0.05) is 0 Å². The zero-order valence-corrected chi connectivity index (χ0v) is 10.1. The summed E-state index contributed by atoms with van der Waals surface area (Å²) in [6.07, 6.45) is 0. The average molecular weight is 221 g/mol. The molecule has 1 aromatic rings. The standard InChI is InChI=1S/C13H19NO2/c1-4-14(5-2)13(3,12(15)16)11-9-7-6-8-10-11/h6-10H,4-5H2,1-3H3,(H,15,16)/t13-/m1/s1. The van der Waals surface area contributed by atoms with Crippen LogP contribution in [0.15, 0.2) is 30.3 Å². The molecule has 0 unspecified atom stereocenters. The molecule has 0 aliphatic heterocycles. The summed E-state index contributed by atoms with van der Waals surface area (Å²) in [5.74, 6) is -0.803. The SMILES string of the molecule is CCN(CC)[C@@](C)(C(=O)O)c1ccccc1. The largest absolute Gasteiger partial charge is 0.480 e. The third-order valence-electron chi connectivity index (χ3n) is 3.15. The minimum absolute atomic E-state index is 0.716. The smallest absolute Gasteiger partial charge is 0.328 e. The van der Waals surface area contributed by atoms with Crippen LogP contribution in [0.25, 0.3) is 0 Å². The Labute approximate surface area is 96.7 Å². The first-order valence-electron chi connectivity index (χ1n) is 5.61. The number of aliphatic carboxylic acids is 1. The molecule has 3 heteroatoms. The molecule has 0 heterocycles. The van der Waals surface area contributed by atoms with E-state index in [2.05, 4.69) is 0 Å². The number of carboxylic acids is 1. The van der Waals surface area contributed by atoms with Crippen LogP contribution < -0.4 is 0 Å². The number of likely N-dealkylation sites (N-methyl/N-ethyl adjacent to an activating group) is 1. The highest BCUT2D eigenvalue weighted by Crippen LogP contribution is 2.28. The maximum atomic E-state index is 11.5. The molecule has 0 saturated carbocycles. The number of benzene rings is 1. The second kappa shape index (κ2) is 5.12. The van der Waals surface area contributed by atoms with Crippen LogP contribution in [0.1, 0.15) is 26.3 Å². The second-order valence-corrected chi connectivity index (χ2v) is 3.92. The molecular formula is C13H19NO2. The molecule has 0 bridgehead atoms. The van der Waals surface area contributed by atoms with E-state index in [1.54, 1.807) is 6.92 Å². The Morgan fingerprint density at radius 1 is 1.25 bits per heavy atom. The highest BCUT2D eigenvalue weighted by molar-refractivity contribution is 5.80. The molecule has 0 aromatic heterocycles. The van der Waals surface area contributed by atoms with Crippen LogP contribution in [-0.4, -0.2) is 29.1 Å². The molecule has 0 radical (unpaired) electrons. The van der Waals surface area contributed by atoms with Gasteiger partial charge in [0.15, 0.2) is 0 Å². The number of nitrogens with zero attached hydrogens (tertiary/aromatic N) is 1. The molecule has 0 aliphatic rings. The van der Waals surface area contributed by atoms with E-state index in [-0.39, 0.29) is 0 Å². The molecule has 88 valence electrons. The first-order chi connectivity index (χ1) is 7.57. The highest BCUT2D eigenvalue weighted by atomic mass is 16.4. The van der Waals surface area contributed by atoms with Crippen molar-refractivity contribution in [1.82, 2.24) is 4.90 Å². The quantitative estimate of drug-likeness (QED) is 0.829. The van der Waals surface area contributed by atoms with Crippen molar-refractivity contribution in [3.63, 3.8) is 0 Å². The van der Waals surface area contributed by atoms with Crippen LogP contribution in [0.2, 0.25) is 0 Å². The van der Waals surface area contributed by atoms with E-state index in [1.165, 1.54) is 0 Å². The summed E-state index contributed by atoms with van der Waals surface area (Å²) in [6, 6.07) is 9.38. The zero-order chi connectivity index (χ0) is 12.2. The lowest BCUT2D eigenvalue weighted by molar-refractivity contribution is -0.151. The molecule has 16 heavy (non-hydrogen) atoms. The summed E-state index contributed by atoms with van der Waals surface area (Å²) in [7, 11) is 0. The number of hydrogen-bond donors (Lipinski definition) is 1. The molecule has 1 atom stereocenters. The Kier molecular flexibility index (Phi) is 4.07. The molecule has 0 aliphatic carbocycles. The minimum Gasteiger partial charge on any atom is -0.480 e. The molecule has 0 amide bonds. The van der Waals surface area contributed by atoms with E-state index in [1.807, 2.05) is 49.1 Å². The first kappa shape index (κ1) is 12.7. The number of rotatable bonds is 5. The summed E-state index contributed by atoms with van der Waals surface area (Å²) in [6.45, 7) is 7.15. The molecule has 3 nitrogen and oxygen atoms in total. The van der Waals surface area contributed by atoms with E-state index in [0.29, 0.717) is 13.1 Å². The van der Waals surface area contributed by atoms with Gasteiger partial charge in [-0.15, -0.1) is 0 Å². The van der Waals surface area contributed by atoms with Gasteiger partial charge in [-0.1, -0.05) is 44.2 Å². The van der Waals surface area contributed by atoms with Crippen molar-refractivity contribution in [2.75, 3.05) is 13.1 Å². The van der Waals surface area contributed by atoms with Crippen molar-refractivity contribution in [2.24, 2.45) is 0 Å². The van der Waals surface area contributed by atoms with Crippen LogP contribution in [0, 0.1) is 0 Å². The molecular weight excluding hydrogens is 202 g/mol. The van der Waals surface area contributed by atoms with Crippen LogP contribution in [0.4, 0.5) is 0 Å². The molecule has 1 N–H and O–H groups in total. The Balaban J connectivity index is 3.21. The lowest BCUT2D eigenvalue weighted by atomic mass is 9.90. The van der Waals surface area contributed by atoms with Gasteiger partial charge in [-0.05, 0) is 25.6 Å². The molecule has 1 rings (SSSR count). The summed E-state index contributed by atoms with van der Waals surface area (Å²) in [5.41, 5.74) is -0.115. The van der Waals surface area contributed by atoms with Gasteiger partial charge in [-0.25, -0.2) is 4.79 Å². The summed E-state index contributed by atoms with van der Waals surface area (Å²) in [5, 5.41) is 9.48. The van der Waals surface area contributed by atoms with Crippen molar-refractivity contribution >= 4 is 5.97 Å². The predicted molar refractivity (Wildman–Crippen MR) is 64.4 cm³/mol. The first-order valence-corrected chi connectivity index (χ1v) is 5.61. The molecule has 1 aromatic carbocycles. The lowest BCUT2D eigenvalue weighted by Gasteiger charge is -2.36. The summed E-state index contributed by atoms with van der Waals surface area (Å²) in [4.78, 5) is 13.5. The van der Waals surface area contributed by atoms with Crippen molar-refractivity contribution in [3.05, 3.63) is 35.9 Å². The molecule has 0 saturated heterocycles. The fourth-order valence-electron chi connectivity index (χ4n) is 2.06. The van der Waals surface area contributed by atoms with Crippen molar-refractivity contribution < 1.29 is 9.90 Å². The Morgan fingerprint density at radius 3 is 2.12 bits per heavy atom. The number of carbonyl (C=O) groups is 1. The Hall–Kier alpha value is -1.35. The maximum Gasteiger partial charge on any atom is 0.328 e. The van der Waals surface area contributed by atoms with E-state index in [4.69, 9.17) is 0 Å². The van der Waals surface area contributed by atoms with E-state index >= 15 is 0 Å². The van der Waals surface area contributed by atoms with E-state index in [9.17, 15) is 9.90 Å². The number of hydrogen-bond acceptors (Lipinski definition) is 2. The third-order valence-corrected chi connectivity index (χ3v) is 3.15. The Morgan fingerprint density at radius 2 is 1.75 bits per heavy atom. The monoisotopic (exact) mass is 221 g/mol. The second-order valence-electron chi connectivity index (χ2n) is 3.92. The van der Waals surface area contributed by atoms with Gasteiger partial charge in [0.1, 0.15) is 5.54 Å². The molecule has 0 fully saturated rings. The number of carboxylic acid groups (broad SMARTS) is 1. The Bertz CT molecular complexity index is 346. The van der Waals surface area contributed by atoms with Crippen LogP contribution in [-0.2, 0) is 10.3 Å². The third kappa shape index (κ3) is 2.09. The van der Waals surface area contributed by atoms with Gasteiger partial charge in [0.25, 0.3) is 0 Å². The van der Waals surface area contributed by atoms with Crippen LogP contribution in [0.5, 0.6) is 0 Å². The fraction of sp³-hybridized carbons (Fsp3) is 0.462. The van der Waals surface area contributed by atoms with Crippen LogP contribution in [0.3, 0.4) is 0 Å².